The monoisotopic (exact) mass is 402 g/mol. The van der Waals surface area contributed by atoms with Crippen molar-refractivity contribution in [1.82, 2.24) is 15.1 Å². The van der Waals surface area contributed by atoms with Crippen LogP contribution in [0.2, 0.25) is 0 Å². The molecular formula is C19H22N4O4S. The Labute approximate surface area is 166 Å². The van der Waals surface area contributed by atoms with Crippen LogP contribution in [0.25, 0.3) is 11.5 Å². The number of nitro groups is 1. The first kappa shape index (κ1) is 18.9. The molecule has 0 bridgehead atoms. The van der Waals surface area contributed by atoms with Crippen LogP contribution in [-0.4, -0.2) is 44.3 Å². The lowest BCUT2D eigenvalue weighted by atomic mass is 9.78. The molecule has 1 aliphatic heterocycles. The highest BCUT2D eigenvalue weighted by molar-refractivity contribution is 7.99. The molecule has 28 heavy (non-hydrogen) atoms. The van der Waals surface area contributed by atoms with Crippen LogP contribution in [0.1, 0.15) is 38.5 Å². The van der Waals surface area contributed by atoms with Gasteiger partial charge in [0.05, 0.1) is 10.7 Å². The number of carbonyl (C=O) groups excluding carboxylic acids is 1. The predicted molar refractivity (Wildman–Crippen MR) is 104 cm³/mol. The number of amides is 1. The number of hydrogen-bond acceptors (Lipinski definition) is 7. The smallest absolute Gasteiger partial charge is 0.277 e. The number of non-ortho nitro benzene ring substituents is 1. The second kappa shape index (κ2) is 8.30. The van der Waals surface area contributed by atoms with E-state index in [2.05, 4.69) is 15.1 Å². The normalized spacial score (nSPS) is 21.9. The van der Waals surface area contributed by atoms with Gasteiger partial charge in [-0.1, -0.05) is 30.7 Å². The average molecular weight is 402 g/mol. The van der Waals surface area contributed by atoms with Gasteiger partial charge in [-0.2, -0.15) is 0 Å². The molecule has 0 unspecified atom stereocenters. The third-order valence-electron chi connectivity index (χ3n) is 5.59. The Morgan fingerprint density at radius 3 is 2.93 bits per heavy atom. The summed E-state index contributed by atoms with van der Waals surface area (Å²) in [6, 6.07) is 6.44. The maximum atomic E-state index is 12.8. The van der Waals surface area contributed by atoms with E-state index in [9.17, 15) is 14.9 Å². The van der Waals surface area contributed by atoms with E-state index >= 15 is 0 Å². The maximum absolute atomic E-state index is 12.8. The van der Waals surface area contributed by atoms with Crippen LogP contribution in [-0.2, 0) is 4.79 Å². The van der Waals surface area contributed by atoms with Gasteiger partial charge in [-0.15, -0.1) is 10.2 Å². The lowest BCUT2D eigenvalue weighted by molar-refractivity contribution is -0.384. The highest BCUT2D eigenvalue weighted by Gasteiger charge is 2.35. The molecule has 8 nitrogen and oxygen atoms in total. The lowest BCUT2D eigenvalue weighted by Crippen LogP contribution is -2.50. The zero-order valence-electron chi connectivity index (χ0n) is 15.5. The van der Waals surface area contributed by atoms with Crippen molar-refractivity contribution in [3.05, 3.63) is 34.4 Å². The summed E-state index contributed by atoms with van der Waals surface area (Å²) in [6.07, 6.45) is 7.14. The SMILES string of the molecule is O=C(CSc1nnc(-c2cccc([N+](=O)[O-])c2)o1)N1CCC[C@@H]2CCCC[C@H]21. The number of carbonyl (C=O) groups is 1. The van der Waals surface area contributed by atoms with E-state index in [1.165, 1.54) is 49.6 Å². The number of aromatic nitrogens is 2. The molecule has 2 aliphatic rings. The first-order chi connectivity index (χ1) is 13.6. The van der Waals surface area contributed by atoms with E-state index < -0.39 is 4.92 Å². The fourth-order valence-corrected chi connectivity index (χ4v) is 4.93. The molecule has 1 amide bonds. The predicted octanol–water partition coefficient (Wildman–Crippen LogP) is 3.92. The minimum absolute atomic E-state index is 0.0350. The molecule has 9 heteroatoms. The largest absolute Gasteiger partial charge is 0.411 e. The van der Waals surface area contributed by atoms with Gasteiger partial charge in [-0.25, -0.2) is 0 Å². The highest BCUT2D eigenvalue weighted by Crippen LogP contribution is 2.36. The highest BCUT2D eigenvalue weighted by atomic mass is 32.2. The molecule has 2 atom stereocenters. The van der Waals surface area contributed by atoms with Crippen molar-refractivity contribution < 1.29 is 14.1 Å². The summed E-state index contributed by atoms with van der Waals surface area (Å²) in [5.41, 5.74) is 0.452. The average Bonchev–Trinajstić information content (AvgIpc) is 3.21. The lowest BCUT2D eigenvalue weighted by Gasteiger charge is -2.44. The fraction of sp³-hybridized carbons (Fsp3) is 0.526. The Hall–Kier alpha value is -2.42. The molecule has 1 aliphatic carbocycles. The molecule has 1 aromatic heterocycles. The quantitative estimate of drug-likeness (QED) is 0.424. The second-order valence-corrected chi connectivity index (χ2v) is 8.24. The Balaban J connectivity index is 1.38. The van der Waals surface area contributed by atoms with Gasteiger partial charge < -0.3 is 9.32 Å². The summed E-state index contributed by atoms with van der Waals surface area (Å²) in [6.45, 7) is 0.837. The number of benzene rings is 1. The molecule has 2 fully saturated rings. The molecular weight excluding hydrogens is 380 g/mol. The molecule has 2 heterocycles. The van der Waals surface area contributed by atoms with Crippen LogP contribution in [0.3, 0.4) is 0 Å². The van der Waals surface area contributed by atoms with Gasteiger partial charge in [-0.05, 0) is 37.7 Å². The van der Waals surface area contributed by atoms with Crippen molar-refractivity contribution in [3.63, 3.8) is 0 Å². The molecule has 1 saturated carbocycles. The number of nitrogens with zero attached hydrogens (tertiary/aromatic N) is 4. The van der Waals surface area contributed by atoms with Crippen LogP contribution in [0, 0.1) is 16.0 Å². The van der Waals surface area contributed by atoms with Gasteiger partial charge in [-0.3, -0.25) is 14.9 Å². The van der Waals surface area contributed by atoms with E-state index in [1.54, 1.807) is 12.1 Å². The Morgan fingerprint density at radius 1 is 1.25 bits per heavy atom. The number of rotatable bonds is 5. The summed E-state index contributed by atoms with van der Waals surface area (Å²) in [5, 5.41) is 19.1. The molecule has 1 aromatic carbocycles. The Morgan fingerprint density at radius 2 is 2.07 bits per heavy atom. The Bertz CT molecular complexity index is 869. The van der Waals surface area contributed by atoms with Crippen molar-refractivity contribution in [2.45, 2.75) is 49.8 Å². The fourth-order valence-electron chi connectivity index (χ4n) is 4.28. The third-order valence-corrected chi connectivity index (χ3v) is 6.40. The number of thioether (sulfide) groups is 1. The summed E-state index contributed by atoms with van der Waals surface area (Å²) in [5.74, 6) is 1.25. The first-order valence-electron chi connectivity index (χ1n) is 9.62. The van der Waals surface area contributed by atoms with Gasteiger partial charge in [0.15, 0.2) is 0 Å². The molecule has 0 spiro atoms. The zero-order chi connectivity index (χ0) is 19.5. The minimum Gasteiger partial charge on any atom is -0.411 e. The summed E-state index contributed by atoms with van der Waals surface area (Å²) >= 11 is 1.22. The number of likely N-dealkylation sites (tertiary alicyclic amines) is 1. The van der Waals surface area contributed by atoms with Crippen LogP contribution < -0.4 is 0 Å². The minimum atomic E-state index is -0.467. The molecule has 4 rings (SSSR count). The van der Waals surface area contributed by atoms with Gasteiger partial charge in [0, 0.05) is 30.3 Å². The van der Waals surface area contributed by atoms with Crippen LogP contribution in [0.5, 0.6) is 0 Å². The van der Waals surface area contributed by atoms with E-state index in [0.717, 1.165) is 19.4 Å². The first-order valence-corrected chi connectivity index (χ1v) is 10.6. The molecule has 2 aromatic rings. The molecule has 148 valence electrons. The number of piperidine rings is 1. The third kappa shape index (κ3) is 4.04. The second-order valence-electron chi connectivity index (χ2n) is 7.31. The van der Waals surface area contributed by atoms with Crippen LogP contribution in [0.4, 0.5) is 5.69 Å². The molecule has 0 N–H and O–H groups in total. The summed E-state index contributed by atoms with van der Waals surface area (Å²) in [4.78, 5) is 25.3. The van der Waals surface area contributed by atoms with Crippen molar-refractivity contribution >= 4 is 23.4 Å². The van der Waals surface area contributed by atoms with Crippen molar-refractivity contribution in [1.29, 1.82) is 0 Å². The van der Waals surface area contributed by atoms with Gasteiger partial charge in [0.2, 0.25) is 11.8 Å². The van der Waals surface area contributed by atoms with Crippen molar-refractivity contribution in [3.8, 4) is 11.5 Å². The molecule has 1 saturated heterocycles. The number of fused-ring (bicyclic) bond motifs is 1. The zero-order valence-corrected chi connectivity index (χ0v) is 16.3. The van der Waals surface area contributed by atoms with Crippen LogP contribution in [0.15, 0.2) is 33.9 Å². The van der Waals surface area contributed by atoms with Crippen molar-refractivity contribution in [2.24, 2.45) is 5.92 Å². The Kier molecular flexibility index (Phi) is 5.61. The number of hydrogen-bond donors (Lipinski definition) is 0. The maximum Gasteiger partial charge on any atom is 0.277 e. The van der Waals surface area contributed by atoms with Crippen LogP contribution >= 0.6 is 11.8 Å². The standard InChI is InChI=1S/C19H22N4O4S/c24-17(22-10-4-7-13-5-1-2-9-16(13)22)12-28-19-21-20-18(27-19)14-6-3-8-15(11-14)23(25)26/h3,6,8,11,13,16H,1-2,4-5,7,9-10,12H2/t13-,16+/m0/s1. The summed E-state index contributed by atoms with van der Waals surface area (Å²) < 4.78 is 5.60. The van der Waals surface area contributed by atoms with Gasteiger partial charge in [0.1, 0.15) is 0 Å². The van der Waals surface area contributed by atoms with E-state index in [-0.39, 0.29) is 23.2 Å². The molecule has 0 radical (unpaired) electrons. The summed E-state index contributed by atoms with van der Waals surface area (Å²) in [7, 11) is 0. The van der Waals surface area contributed by atoms with E-state index in [1.807, 2.05) is 0 Å². The number of nitro benzene ring substituents is 1. The van der Waals surface area contributed by atoms with E-state index in [4.69, 9.17) is 4.42 Å². The van der Waals surface area contributed by atoms with Crippen molar-refractivity contribution in [2.75, 3.05) is 12.3 Å². The van der Waals surface area contributed by atoms with Gasteiger partial charge >= 0.3 is 0 Å². The van der Waals surface area contributed by atoms with E-state index in [0.29, 0.717) is 22.7 Å². The topological polar surface area (TPSA) is 102 Å². The van der Waals surface area contributed by atoms with Gasteiger partial charge in [0.25, 0.3) is 10.9 Å².